The molecule has 2 aliphatic rings. The lowest BCUT2D eigenvalue weighted by molar-refractivity contribution is 0.318. The van der Waals surface area contributed by atoms with Crippen LogP contribution < -0.4 is 5.32 Å². The van der Waals surface area contributed by atoms with Crippen LogP contribution in [0.25, 0.3) is 0 Å². The van der Waals surface area contributed by atoms with Gasteiger partial charge in [-0.15, -0.1) is 11.3 Å². The van der Waals surface area contributed by atoms with Gasteiger partial charge in [-0.25, -0.2) is 4.98 Å². The van der Waals surface area contributed by atoms with E-state index in [2.05, 4.69) is 19.2 Å². The topological polar surface area (TPSA) is 24.9 Å². The van der Waals surface area contributed by atoms with Gasteiger partial charge in [0.05, 0.1) is 16.7 Å². The van der Waals surface area contributed by atoms with Crippen molar-refractivity contribution in [1.29, 1.82) is 0 Å². The molecule has 1 unspecified atom stereocenters. The number of hydrogen-bond acceptors (Lipinski definition) is 3. The molecule has 2 nitrogen and oxygen atoms in total. The molecule has 1 fully saturated rings. The molecule has 1 heterocycles. The largest absolute Gasteiger partial charge is 0.309 e. The summed E-state index contributed by atoms with van der Waals surface area (Å²) in [6, 6.07) is 0.528. The van der Waals surface area contributed by atoms with Crippen molar-refractivity contribution in [3.63, 3.8) is 0 Å². The van der Waals surface area contributed by atoms with E-state index in [1.54, 1.807) is 4.88 Å². The van der Waals surface area contributed by atoms with E-state index in [0.717, 1.165) is 18.4 Å². The lowest BCUT2D eigenvalue weighted by atomic mass is 9.81. The highest BCUT2D eigenvalue weighted by Crippen LogP contribution is 2.41. The van der Waals surface area contributed by atoms with Gasteiger partial charge in [0, 0.05) is 10.8 Å². The van der Waals surface area contributed by atoms with Crippen molar-refractivity contribution in [3.8, 4) is 0 Å². The summed E-state index contributed by atoms with van der Waals surface area (Å²) in [4.78, 5) is 6.66. The van der Waals surface area contributed by atoms with E-state index >= 15 is 0 Å². The van der Waals surface area contributed by atoms with Crippen molar-refractivity contribution in [1.82, 2.24) is 10.3 Å². The highest BCUT2D eigenvalue weighted by Gasteiger charge is 2.28. The summed E-state index contributed by atoms with van der Waals surface area (Å²) < 4.78 is 0. The normalized spacial score (nSPS) is 30.2. The van der Waals surface area contributed by atoms with Crippen LogP contribution in [0.1, 0.15) is 86.3 Å². The summed E-state index contributed by atoms with van der Waals surface area (Å²) in [5.74, 6) is 1.74. The number of rotatable bonds is 4. The molecule has 3 heteroatoms. The van der Waals surface area contributed by atoms with Crippen LogP contribution in [0.15, 0.2) is 0 Å². The third-order valence-electron chi connectivity index (χ3n) is 5.19. The monoisotopic (exact) mass is 292 g/mol. The molecule has 0 amide bonds. The molecule has 1 aromatic rings. The fourth-order valence-corrected chi connectivity index (χ4v) is 5.21. The minimum atomic E-state index is 0.528. The smallest absolute Gasteiger partial charge is 0.0962 e. The van der Waals surface area contributed by atoms with Crippen molar-refractivity contribution in [2.24, 2.45) is 5.92 Å². The van der Waals surface area contributed by atoms with Crippen LogP contribution >= 0.6 is 11.3 Å². The van der Waals surface area contributed by atoms with Crippen molar-refractivity contribution in [3.05, 3.63) is 15.6 Å². The quantitative estimate of drug-likeness (QED) is 0.861. The second-order valence-corrected chi connectivity index (χ2v) is 7.60. The number of fused-ring (bicyclic) bond motifs is 1. The molecule has 2 aliphatic carbocycles. The average Bonchev–Trinajstić information content (AvgIpc) is 2.93. The second-order valence-electron chi connectivity index (χ2n) is 6.49. The van der Waals surface area contributed by atoms with Crippen molar-refractivity contribution < 1.29 is 0 Å². The Bertz CT molecular complexity index is 432. The van der Waals surface area contributed by atoms with E-state index in [9.17, 15) is 0 Å². The van der Waals surface area contributed by atoms with Gasteiger partial charge >= 0.3 is 0 Å². The molecule has 1 atom stereocenters. The van der Waals surface area contributed by atoms with Crippen LogP contribution in [0.5, 0.6) is 0 Å². The Morgan fingerprint density at radius 3 is 2.65 bits per heavy atom. The van der Waals surface area contributed by atoms with Crippen molar-refractivity contribution >= 4 is 11.3 Å². The Labute approximate surface area is 127 Å². The number of nitrogens with zero attached hydrogens (tertiary/aromatic N) is 1. The first kappa shape index (κ1) is 14.5. The molecule has 112 valence electrons. The molecule has 1 saturated carbocycles. The standard InChI is InChI=1S/C17H28N2S/c1-3-12-8-10-13(11-9-12)17-19-16-14(18-4-2)6-5-7-15(16)20-17/h12-14,18H,3-11H2,1-2H3. The number of hydrogen-bond donors (Lipinski definition) is 1. The lowest BCUT2D eigenvalue weighted by Gasteiger charge is -2.26. The summed E-state index contributed by atoms with van der Waals surface area (Å²) in [7, 11) is 0. The molecule has 20 heavy (non-hydrogen) atoms. The molecule has 1 aromatic heterocycles. The van der Waals surface area contributed by atoms with Gasteiger partial charge in [0.2, 0.25) is 0 Å². The highest BCUT2D eigenvalue weighted by molar-refractivity contribution is 7.11. The van der Waals surface area contributed by atoms with E-state index in [1.165, 1.54) is 62.1 Å². The maximum Gasteiger partial charge on any atom is 0.0962 e. The van der Waals surface area contributed by atoms with Gasteiger partial charge in [0.15, 0.2) is 0 Å². The van der Waals surface area contributed by atoms with Gasteiger partial charge in [-0.3, -0.25) is 0 Å². The SMILES string of the molecule is CCNC1CCCc2sc(C3CCC(CC)CC3)nc21. The van der Waals surface area contributed by atoms with Crippen molar-refractivity contribution in [2.45, 2.75) is 77.2 Å². The molecule has 0 spiro atoms. The number of nitrogens with one attached hydrogen (secondary N) is 1. The molecule has 0 radical (unpaired) electrons. The lowest BCUT2D eigenvalue weighted by Crippen LogP contribution is -2.24. The minimum absolute atomic E-state index is 0.528. The van der Waals surface area contributed by atoms with Crippen LogP contribution in [0.4, 0.5) is 0 Å². The van der Waals surface area contributed by atoms with Gasteiger partial charge in [-0.2, -0.15) is 0 Å². The number of aromatic nitrogens is 1. The third-order valence-corrected chi connectivity index (χ3v) is 6.49. The van der Waals surface area contributed by atoms with Gasteiger partial charge in [0.1, 0.15) is 0 Å². The first-order valence-corrected chi connectivity index (χ1v) is 9.36. The minimum Gasteiger partial charge on any atom is -0.309 e. The zero-order valence-corrected chi connectivity index (χ0v) is 13.8. The maximum atomic E-state index is 5.08. The van der Waals surface area contributed by atoms with E-state index in [4.69, 9.17) is 4.98 Å². The average molecular weight is 292 g/mol. The third kappa shape index (κ3) is 2.94. The molecule has 1 N–H and O–H groups in total. The number of aryl methyl sites for hydroxylation is 1. The van der Waals surface area contributed by atoms with E-state index < -0.39 is 0 Å². The fraction of sp³-hybridized carbons (Fsp3) is 0.824. The van der Waals surface area contributed by atoms with Crippen LogP contribution in [0, 0.1) is 5.92 Å². The summed E-state index contributed by atoms with van der Waals surface area (Å²) in [6.07, 6.45) is 10.8. The Balaban J connectivity index is 1.72. The van der Waals surface area contributed by atoms with Gasteiger partial charge in [-0.05, 0) is 57.4 Å². The van der Waals surface area contributed by atoms with Crippen LogP contribution in [0.2, 0.25) is 0 Å². The Kier molecular flexibility index (Phi) is 4.77. The molecule has 3 rings (SSSR count). The summed E-state index contributed by atoms with van der Waals surface area (Å²) in [5, 5.41) is 5.07. The van der Waals surface area contributed by atoms with Crippen LogP contribution in [-0.4, -0.2) is 11.5 Å². The summed E-state index contributed by atoms with van der Waals surface area (Å²) in [5.41, 5.74) is 1.40. The van der Waals surface area contributed by atoms with E-state index in [-0.39, 0.29) is 0 Å². The van der Waals surface area contributed by atoms with Gasteiger partial charge in [-0.1, -0.05) is 20.3 Å². The predicted molar refractivity (Wildman–Crippen MR) is 86.5 cm³/mol. The zero-order chi connectivity index (χ0) is 13.9. The van der Waals surface area contributed by atoms with Crippen LogP contribution in [-0.2, 0) is 6.42 Å². The van der Waals surface area contributed by atoms with Crippen LogP contribution in [0.3, 0.4) is 0 Å². The second kappa shape index (κ2) is 6.57. The highest BCUT2D eigenvalue weighted by atomic mass is 32.1. The Morgan fingerprint density at radius 1 is 1.15 bits per heavy atom. The van der Waals surface area contributed by atoms with Gasteiger partial charge < -0.3 is 5.32 Å². The van der Waals surface area contributed by atoms with E-state index in [1.807, 2.05) is 11.3 Å². The number of thiazole rings is 1. The Morgan fingerprint density at radius 2 is 1.95 bits per heavy atom. The zero-order valence-electron chi connectivity index (χ0n) is 13.0. The van der Waals surface area contributed by atoms with E-state index in [0.29, 0.717) is 6.04 Å². The molecule has 0 aliphatic heterocycles. The molecule has 0 saturated heterocycles. The molecule has 0 aromatic carbocycles. The van der Waals surface area contributed by atoms with Crippen molar-refractivity contribution in [2.75, 3.05) is 6.54 Å². The first-order valence-electron chi connectivity index (χ1n) is 8.54. The fourth-order valence-electron chi connectivity index (χ4n) is 3.87. The summed E-state index contributed by atoms with van der Waals surface area (Å²) in [6.45, 7) is 5.60. The molecular weight excluding hydrogens is 264 g/mol. The van der Waals surface area contributed by atoms with Gasteiger partial charge in [0.25, 0.3) is 0 Å². The molecule has 0 bridgehead atoms. The summed E-state index contributed by atoms with van der Waals surface area (Å²) >= 11 is 2.03. The molecular formula is C17H28N2S. The first-order chi connectivity index (χ1) is 9.81. The maximum absolute atomic E-state index is 5.08. The Hall–Kier alpha value is -0.410. The predicted octanol–water partition coefficient (Wildman–Crippen LogP) is 4.81.